The fourth-order valence-electron chi connectivity index (χ4n) is 3.68. The second-order valence-electron chi connectivity index (χ2n) is 7.99. The lowest BCUT2D eigenvalue weighted by molar-refractivity contribution is -0.385. The lowest BCUT2D eigenvalue weighted by atomic mass is 10.2. The second kappa shape index (κ2) is 13.8. The minimum atomic E-state index is -0.416. The van der Waals surface area contributed by atoms with Crippen molar-refractivity contribution in [3.05, 3.63) is 91.0 Å². The Kier molecular flexibility index (Phi) is 10.5. The van der Waals surface area contributed by atoms with Crippen molar-refractivity contribution in [3.8, 4) is 23.0 Å². The highest BCUT2D eigenvalue weighted by molar-refractivity contribution is 7.98. The molecule has 0 bridgehead atoms. The first kappa shape index (κ1) is 28.9. The third-order valence-corrected chi connectivity index (χ3v) is 7.74. The van der Waals surface area contributed by atoms with Crippen LogP contribution >= 0.6 is 23.5 Å². The Balaban J connectivity index is 1.58. The first-order valence-corrected chi connectivity index (χ1v) is 13.6. The highest BCUT2D eigenvalue weighted by Gasteiger charge is 2.20. The molecule has 3 rings (SSSR count). The first-order chi connectivity index (χ1) is 18.3. The van der Waals surface area contributed by atoms with Gasteiger partial charge in [-0.05, 0) is 23.3 Å². The van der Waals surface area contributed by atoms with Gasteiger partial charge in [0.05, 0.1) is 50.4 Å². The molecule has 3 aromatic carbocycles. The van der Waals surface area contributed by atoms with Crippen LogP contribution in [0.1, 0.15) is 22.3 Å². The summed E-state index contributed by atoms with van der Waals surface area (Å²) in [5.74, 6) is 3.79. The zero-order chi connectivity index (χ0) is 27.7. The van der Waals surface area contributed by atoms with Crippen LogP contribution in [-0.2, 0) is 23.0 Å². The molecule has 0 saturated heterocycles. The number of nitrogens with zero attached hydrogens (tertiary/aromatic N) is 2. The van der Waals surface area contributed by atoms with Gasteiger partial charge in [0.1, 0.15) is 0 Å². The monoisotopic (exact) mass is 560 g/mol. The molecule has 0 aliphatic carbocycles. The van der Waals surface area contributed by atoms with Gasteiger partial charge >= 0.3 is 0 Å². The van der Waals surface area contributed by atoms with Gasteiger partial charge in [-0.3, -0.25) is 20.2 Å². The average molecular weight is 561 g/mol. The molecule has 0 amide bonds. The zero-order valence-electron chi connectivity index (χ0n) is 21.4. The fraction of sp³-hybridized carbons (Fsp3) is 0.308. The Morgan fingerprint density at radius 1 is 0.579 bits per heavy atom. The molecule has 0 fully saturated rings. The average Bonchev–Trinajstić information content (AvgIpc) is 2.92. The molecular weight excluding hydrogens is 532 g/mol. The van der Waals surface area contributed by atoms with Gasteiger partial charge < -0.3 is 18.9 Å². The minimum absolute atomic E-state index is 0.00256. The van der Waals surface area contributed by atoms with E-state index in [0.29, 0.717) is 57.1 Å². The number of methoxy groups -OCH3 is 4. The summed E-state index contributed by atoms with van der Waals surface area (Å²) in [4.78, 5) is 22.2. The van der Waals surface area contributed by atoms with E-state index in [4.69, 9.17) is 18.9 Å². The van der Waals surface area contributed by atoms with E-state index in [2.05, 4.69) is 0 Å². The van der Waals surface area contributed by atoms with Gasteiger partial charge in [-0.15, -0.1) is 0 Å². The topological polar surface area (TPSA) is 123 Å². The van der Waals surface area contributed by atoms with Crippen LogP contribution < -0.4 is 18.9 Å². The van der Waals surface area contributed by atoms with Crippen molar-refractivity contribution in [2.75, 3.05) is 28.4 Å². The molecule has 0 aliphatic heterocycles. The summed E-state index contributed by atoms with van der Waals surface area (Å²) in [6, 6.07) is 14.1. The molecule has 0 aromatic heterocycles. The first-order valence-electron chi connectivity index (χ1n) is 11.3. The second-order valence-corrected chi connectivity index (χ2v) is 9.96. The van der Waals surface area contributed by atoms with Crippen LogP contribution in [0.4, 0.5) is 11.4 Å². The number of nitro benzene ring substituents is 2. The van der Waals surface area contributed by atoms with Crippen molar-refractivity contribution in [1.29, 1.82) is 0 Å². The zero-order valence-corrected chi connectivity index (χ0v) is 23.1. The number of hydrogen-bond donors (Lipinski definition) is 0. The molecule has 0 atom stereocenters. The summed E-state index contributed by atoms with van der Waals surface area (Å²) < 4.78 is 20.9. The maximum Gasteiger partial charge on any atom is 0.277 e. The van der Waals surface area contributed by atoms with E-state index >= 15 is 0 Å². The lowest BCUT2D eigenvalue weighted by Gasteiger charge is -2.11. The van der Waals surface area contributed by atoms with E-state index in [1.807, 2.05) is 24.3 Å². The quantitative estimate of drug-likeness (QED) is 0.161. The van der Waals surface area contributed by atoms with Gasteiger partial charge in [-0.2, -0.15) is 23.5 Å². The highest BCUT2D eigenvalue weighted by Crippen LogP contribution is 2.38. The molecule has 0 spiro atoms. The highest BCUT2D eigenvalue weighted by atomic mass is 32.2. The number of hydrogen-bond acceptors (Lipinski definition) is 10. The van der Waals surface area contributed by atoms with E-state index in [1.54, 1.807) is 35.7 Å². The standard InChI is InChI=1S/C26H28N2O8S2/c1-33-23-9-19(21(27(29)30)11-25(23)35-3)15-37-13-17-5-7-18(8-6-17)14-38-16-20-10-24(34-2)26(36-4)12-22(20)28(31)32/h5-12H,13-16H2,1-4H3. The van der Waals surface area contributed by atoms with Crippen LogP contribution in [0.15, 0.2) is 48.5 Å². The molecule has 202 valence electrons. The summed E-state index contributed by atoms with van der Waals surface area (Å²) in [5.41, 5.74) is 3.30. The predicted molar refractivity (Wildman–Crippen MR) is 149 cm³/mol. The van der Waals surface area contributed by atoms with E-state index in [1.165, 1.54) is 40.6 Å². The van der Waals surface area contributed by atoms with Crippen LogP contribution in [0.3, 0.4) is 0 Å². The van der Waals surface area contributed by atoms with E-state index < -0.39 is 9.85 Å². The summed E-state index contributed by atoms with van der Waals surface area (Å²) >= 11 is 3.13. The number of rotatable bonds is 14. The number of benzene rings is 3. The van der Waals surface area contributed by atoms with Gasteiger partial charge in [-0.25, -0.2) is 0 Å². The largest absolute Gasteiger partial charge is 0.493 e. The van der Waals surface area contributed by atoms with E-state index in [-0.39, 0.29) is 11.4 Å². The molecule has 0 unspecified atom stereocenters. The molecule has 12 heteroatoms. The SMILES string of the molecule is COc1cc(CSCc2ccc(CSCc3cc(OC)c(OC)cc3[N+](=O)[O-])cc2)c([N+](=O)[O-])cc1OC. The number of thioether (sulfide) groups is 2. The van der Waals surface area contributed by atoms with Crippen LogP contribution in [0.25, 0.3) is 0 Å². The van der Waals surface area contributed by atoms with Gasteiger partial charge in [0.25, 0.3) is 11.4 Å². The van der Waals surface area contributed by atoms with Gasteiger partial charge in [0.2, 0.25) is 0 Å². The fourth-order valence-corrected chi connectivity index (χ4v) is 5.64. The molecule has 0 radical (unpaired) electrons. The minimum Gasteiger partial charge on any atom is -0.493 e. The maximum atomic E-state index is 11.5. The van der Waals surface area contributed by atoms with Crippen LogP contribution in [0, 0.1) is 20.2 Å². The van der Waals surface area contributed by atoms with E-state index in [9.17, 15) is 20.2 Å². The Morgan fingerprint density at radius 3 is 1.18 bits per heavy atom. The molecule has 38 heavy (non-hydrogen) atoms. The van der Waals surface area contributed by atoms with Crippen molar-refractivity contribution in [2.24, 2.45) is 0 Å². The Morgan fingerprint density at radius 2 is 0.895 bits per heavy atom. The lowest BCUT2D eigenvalue weighted by Crippen LogP contribution is -1.99. The smallest absolute Gasteiger partial charge is 0.277 e. The van der Waals surface area contributed by atoms with Crippen molar-refractivity contribution >= 4 is 34.9 Å². The van der Waals surface area contributed by atoms with Gasteiger partial charge in [-0.1, -0.05) is 24.3 Å². The third-order valence-electron chi connectivity index (χ3n) is 5.64. The Bertz CT molecular complexity index is 1190. The Hall–Kier alpha value is -3.64. The molecular formula is C26H28N2O8S2. The maximum absolute atomic E-state index is 11.5. The van der Waals surface area contributed by atoms with Crippen LogP contribution in [0.2, 0.25) is 0 Å². The Labute approximate surface area is 228 Å². The van der Waals surface area contributed by atoms with Crippen molar-refractivity contribution in [1.82, 2.24) is 0 Å². The van der Waals surface area contributed by atoms with Crippen LogP contribution in [-0.4, -0.2) is 38.3 Å². The van der Waals surface area contributed by atoms with Crippen molar-refractivity contribution in [2.45, 2.75) is 23.0 Å². The summed E-state index contributed by atoms with van der Waals surface area (Å²) in [7, 11) is 5.88. The molecule has 0 saturated carbocycles. The summed E-state index contributed by atoms with van der Waals surface area (Å²) in [5, 5.41) is 23.0. The number of ether oxygens (including phenoxy) is 4. The molecule has 0 aliphatic rings. The normalized spacial score (nSPS) is 10.6. The molecule has 10 nitrogen and oxygen atoms in total. The van der Waals surface area contributed by atoms with Gasteiger partial charge in [0.15, 0.2) is 23.0 Å². The number of nitro groups is 2. The summed E-state index contributed by atoms with van der Waals surface area (Å²) in [6.45, 7) is 0. The van der Waals surface area contributed by atoms with Crippen molar-refractivity contribution < 1.29 is 28.8 Å². The molecule has 3 aromatic rings. The van der Waals surface area contributed by atoms with E-state index in [0.717, 1.165) is 11.1 Å². The summed E-state index contributed by atoms with van der Waals surface area (Å²) in [6.07, 6.45) is 0. The molecule has 0 heterocycles. The van der Waals surface area contributed by atoms with Gasteiger partial charge in [0, 0.05) is 34.1 Å². The van der Waals surface area contributed by atoms with Crippen molar-refractivity contribution in [3.63, 3.8) is 0 Å². The van der Waals surface area contributed by atoms with Crippen LogP contribution in [0.5, 0.6) is 23.0 Å². The molecule has 0 N–H and O–H groups in total. The predicted octanol–water partition coefficient (Wildman–Crippen LogP) is 6.40. The third kappa shape index (κ3) is 7.23.